The van der Waals surface area contributed by atoms with Crippen molar-refractivity contribution in [1.29, 1.82) is 0 Å². The minimum Gasteiger partial charge on any atom is -0.481 e. The molecule has 3 rings (SSSR count). The molecule has 0 aromatic heterocycles. The van der Waals surface area contributed by atoms with Crippen LogP contribution in [0.1, 0.15) is 70.4 Å². The Hall–Kier alpha value is -2.57. The summed E-state index contributed by atoms with van der Waals surface area (Å²) in [5.74, 6) is -1.12. The van der Waals surface area contributed by atoms with E-state index in [9.17, 15) is 19.5 Å². The Morgan fingerprint density at radius 1 is 1.13 bits per heavy atom. The average molecular weight is 431 g/mol. The quantitative estimate of drug-likeness (QED) is 0.739. The van der Waals surface area contributed by atoms with Crippen molar-refractivity contribution in [3.63, 3.8) is 0 Å². The first-order chi connectivity index (χ1) is 14.6. The summed E-state index contributed by atoms with van der Waals surface area (Å²) in [5, 5.41) is 12.3. The van der Waals surface area contributed by atoms with E-state index in [4.69, 9.17) is 4.74 Å². The number of ether oxygens (including phenoxy) is 1. The lowest BCUT2D eigenvalue weighted by Gasteiger charge is -2.40. The number of fused-ring (bicyclic) bond motifs is 1. The van der Waals surface area contributed by atoms with Crippen molar-refractivity contribution >= 4 is 18.0 Å². The molecule has 2 amide bonds. The molecule has 0 bridgehead atoms. The van der Waals surface area contributed by atoms with Crippen LogP contribution in [0.4, 0.5) is 4.79 Å². The molecule has 1 saturated carbocycles. The predicted molar refractivity (Wildman–Crippen MR) is 116 cm³/mol. The highest BCUT2D eigenvalue weighted by atomic mass is 16.6. The molecule has 0 spiro atoms. The minimum absolute atomic E-state index is 0.0245. The number of amides is 2. The summed E-state index contributed by atoms with van der Waals surface area (Å²) in [6, 6.07) is 6.68. The monoisotopic (exact) mass is 430 g/mol. The summed E-state index contributed by atoms with van der Waals surface area (Å²) in [7, 11) is 0. The lowest BCUT2D eigenvalue weighted by atomic mass is 9.82. The topological polar surface area (TPSA) is 95.9 Å². The molecular weight excluding hydrogens is 396 g/mol. The van der Waals surface area contributed by atoms with Gasteiger partial charge in [-0.3, -0.25) is 9.59 Å². The van der Waals surface area contributed by atoms with E-state index in [2.05, 4.69) is 5.32 Å². The van der Waals surface area contributed by atoms with Crippen molar-refractivity contribution in [2.75, 3.05) is 0 Å². The van der Waals surface area contributed by atoms with Crippen LogP contribution in [0.25, 0.3) is 0 Å². The second kappa shape index (κ2) is 9.71. The van der Waals surface area contributed by atoms with Gasteiger partial charge in [0.2, 0.25) is 5.91 Å². The van der Waals surface area contributed by atoms with E-state index < -0.39 is 29.7 Å². The van der Waals surface area contributed by atoms with Crippen LogP contribution in [0.5, 0.6) is 0 Å². The van der Waals surface area contributed by atoms with E-state index in [1.807, 2.05) is 24.3 Å². The number of hydrogen-bond donors (Lipinski definition) is 2. The van der Waals surface area contributed by atoms with Crippen LogP contribution in [0, 0.1) is 5.92 Å². The van der Waals surface area contributed by atoms with Crippen LogP contribution in [0.3, 0.4) is 0 Å². The third-order valence-corrected chi connectivity index (χ3v) is 6.11. The number of alkyl carbamates (subject to hydrolysis) is 1. The standard InChI is InChI=1S/C24H34N2O5/c1-24(2,3)31-23(30)25-21(16-9-5-4-6-10-16)22(29)26-15-18-12-8-7-11-17(18)13-19(26)14-20(27)28/h7-8,11-12,16,19,21H,4-6,9-10,13-15H2,1-3H3,(H,25,30)(H,27,28)/t19-,21+/m1/s1. The first-order valence-corrected chi connectivity index (χ1v) is 11.2. The number of rotatable bonds is 5. The van der Waals surface area contributed by atoms with Crippen molar-refractivity contribution in [3.05, 3.63) is 35.4 Å². The molecule has 0 saturated heterocycles. The van der Waals surface area contributed by atoms with Gasteiger partial charge in [-0.25, -0.2) is 4.79 Å². The van der Waals surface area contributed by atoms with Gasteiger partial charge in [-0.1, -0.05) is 43.5 Å². The lowest BCUT2D eigenvalue weighted by molar-refractivity contribution is -0.143. The molecule has 1 fully saturated rings. The summed E-state index contributed by atoms with van der Waals surface area (Å²) >= 11 is 0. The van der Waals surface area contributed by atoms with Gasteiger partial charge in [0.1, 0.15) is 11.6 Å². The summed E-state index contributed by atoms with van der Waals surface area (Å²) in [6.07, 6.45) is 4.66. The normalized spacial score (nSPS) is 20.5. The maximum Gasteiger partial charge on any atom is 0.408 e. The zero-order valence-corrected chi connectivity index (χ0v) is 18.7. The van der Waals surface area contributed by atoms with E-state index in [1.54, 1.807) is 25.7 Å². The van der Waals surface area contributed by atoms with Crippen molar-refractivity contribution in [1.82, 2.24) is 10.2 Å². The second-order valence-corrected chi connectivity index (χ2v) is 9.71. The van der Waals surface area contributed by atoms with Crippen LogP contribution in [-0.4, -0.2) is 45.7 Å². The van der Waals surface area contributed by atoms with Gasteiger partial charge in [0.25, 0.3) is 0 Å². The molecule has 0 unspecified atom stereocenters. The van der Waals surface area contributed by atoms with Crippen molar-refractivity contribution in [3.8, 4) is 0 Å². The number of benzene rings is 1. The van der Waals surface area contributed by atoms with Gasteiger partial charge in [-0.2, -0.15) is 0 Å². The highest BCUT2D eigenvalue weighted by Gasteiger charge is 2.39. The average Bonchev–Trinajstić information content (AvgIpc) is 2.70. The molecule has 0 radical (unpaired) electrons. The number of carboxylic acids is 1. The van der Waals surface area contributed by atoms with E-state index in [1.165, 1.54) is 0 Å². The molecule has 7 nitrogen and oxygen atoms in total. The zero-order valence-electron chi connectivity index (χ0n) is 18.7. The van der Waals surface area contributed by atoms with Crippen LogP contribution >= 0.6 is 0 Å². The van der Waals surface area contributed by atoms with Gasteiger partial charge in [0.05, 0.1) is 6.42 Å². The first-order valence-electron chi connectivity index (χ1n) is 11.2. The Kier molecular flexibility index (Phi) is 7.23. The zero-order chi connectivity index (χ0) is 22.6. The number of carbonyl (C=O) groups excluding carboxylic acids is 2. The Bertz CT molecular complexity index is 810. The van der Waals surface area contributed by atoms with Gasteiger partial charge in [-0.15, -0.1) is 0 Å². The van der Waals surface area contributed by atoms with Crippen LogP contribution in [0.2, 0.25) is 0 Å². The lowest BCUT2D eigenvalue weighted by Crippen LogP contribution is -2.57. The Balaban J connectivity index is 1.86. The number of nitrogens with one attached hydrogen (secondary N) is 1. The summed E-state index contributed by atoms with van der Waals surface area (Å²) in [4.78, 5) is 39.5. The fraction of sp³-hybridized carbons (Fsp3) is 0.625. The molecule has 1 aliphatic heterocycles. The number of carboxylic acid groups (broad SMARTS) is 1. The molecular formula is C24H34N2O5. The van der Waals surface area contributed by atoms with Crippen LogP contribution in [-0.2, 0) is 27.3 Å². The summed E-state index contributed by atoms with van der Waals surface area (Å²) in [6.45, 7) is 5.71. The Morgan fingerprint density at radius 2 is 1.77 bits per heavy atom. The van der Waals surface area contributed by atoms with Crippen molar-refractivity contribution < 1.29 is 24.2 Å². The van der Waals surface area contributed by atoms with Gasteiger partial charge < -0.3 is 20.1 Å². The third kappa shape index (κ3) is 6.21. The van der Waals surface area contributed by atoms with E-state index in [0.717, 1.165) is 43.2 Å². The number of aliphatic carboxylic acids is 1. The minimum atomic E-state index is -0.934. The molecule has 170 valence electrons. The fourth-order valence-electron chi connectivity index (χ4n) is 4.69. The van der Waals surface area contributed by atoms with E-state index in [-0.39, 0.29) is 18.2 Å². The molecule has 1 aliphatic carbocycles. The largest absolute Gasteiger partial charge is 0.481 e. The van der Waals surface area contributed by atoms with Crippen LogP contribution in [0.15, 0.2) is 24.3 Å². The molecule has 1 heterocycles. The molecule has 31 heavy (non-hydrogen) atoms. The SMILES string of the molecule is CC(C)(C)OC(=O)N[C@H](C(=O)N1Cc2ccccc2C[C@@H]1CC(=O)O)C1CCCCC1. The Labute approximate surface area is 184 Å². The van der Waals surface area contributed by atoms with Crippen molar-refractivity contribution in [2.45, 2.75) is 89.9 Å². The molecule has 2 N–H and O–H groups in total. The summed E-state index contributed by atoms with van der Waals surface area (Å²) in [5.41, 5.74) is 1.43. The summed E-state index contributed by atoms with van der Waals surface area (Å²) < 4.78 is 5.43. The molecule has 2 atom stereocenters. The van der Waals surface area contributed by atoms with Crippen LogP contribution < -0.4 is 5.32 Å². The second-order valence-electron chi connectivity index (χ2n) is 9.71. The first kappa shape index (κ1) is 23.1. The van der Waals surface area contributed by atoms with Gasteiger partial charge in [0.15, 0.2) is 0 Å². The maximum absolute atomic E-state index is 13.8. The van der Waals surface area contributed by atoms with Gasteiger partial charge in [-0.05, 0) is 57.1 Å². The van der Waals surface area contributed by atoms with Crippen molar-refractivity contribution in [2.24, 2.45) is 5.92 Å². The molecule has 1 aromatic carbocycles. The number of carbonyl (C=O) groups is 3. The smallest absolute Gasteiger partial charge is 0.408 e. The number of nitrogens with zero attached hydrogens (tertiary/aromatic N) is 1. The van der Waals surface area contributed by atoms with E-state index in [0.29, 0.717) is 13.0 Å². The molecule has 2 aliphatic rings. The third-order valence-electron chi connectivity index (χ3n) is 6.11. The highest BCUT2D eigenvalue weighted by Crippen LogP contribution is 2.31. The Morgan fingerprint density at radius 3 is 2.39 bits per heavy atom. The number of hydrogen-bond acceptors (Lipinski definition) is 4. The maximum atomic E-state index is 13.8. The van der Waals surface area contributed by atoms with E-state index >= 15 is 0 Å². The van der Waals surface area contributed by atoms with Gasteiger partial charge >= 0.3 is 12.1 Å². The molecule has 1 aromatic rings. The van der Waals surface area contributed by atoms with Gasteiger partial charge in [0, 0.05) is 12.6 Å². The predicted octanol–water partition coefficient (Wildman–Crippen LogP) is 3.89. The molecule has 7 heteroatoms. The fourth-order valence-corrected chi connectivity index (χ4v) is 4.69. The highest BCUT2D eigenvalue weighted by molar-refractivity contribution is 5.87.